The van der Waals surface area contributed by atoms with Gasteiger partial charge in [-0.25, -0.2) is 4.79 Å². The van der Waals surface area contributed by atoms with Gasteiger partial charge in [0.1, 0.15) is 6.04 Å². The van der Waals surface area contributed by atoms with Crippen LogP contribution in [0.3, 0.4) is 0 Å². The predicted octanol–water partition coefficient (Wildman–Crippen LogP) is 2.35. The van der Waals surface area contributed by atoms with Crippen molar-refractivity contribution in [1.29, 1.82) is 0 Å². The standard InChI is InChI=1S/C11H11F3N2O4.ClH/c1-2-20-10(17)11(13,14)9(15)6-3-4-7(12)8(5-6)16(18)19;/h3-5,9H,2,15H2,1H3;1H/t9-;/m0./s1. The summed E-state index contributed by atoms with van der Waals surface area (Å²) < 4.78 is 44.6. The largest absolute Gasteiger partial charge is 0.462 e. The van der Waals surface area contributed by atoms with Crippen molar-refractivity contribution in [2.45, 2.75) is 18.9 Å². The van der Waals surface area contributed by atoms with Crippen molar-refractivity contribution < 1.29 is 27.6 Å². The lowest BCUT2D eigenvalue weighted by atomic mass is 10.0. The lowest BCUT2D eigenvalue weighted by Crippen LogP contribution is -2.41. The molecule has 0 saturated carbocycles. The van der Waals surface area contributed by atoms with Crippen molar-refractivity contribution in [3.63, 3.8) is 0 Å². The number of hydrogen-bond acceptors (Lipinski definition) is 5. The summed E-state index contributed by atoms with van der Waals surface area (Å²) in [5.41, 5.74) is 3.78. The number of rotatable bonds is 5. The molecule has 1 aromatic carbocycles. The zero-order valence-corrected chi connectivity index (χ0v) is 11.5. The Bertz CT molecular complexity index is 542. The molecule has 0 aliphatic carbocycles. The first-order chi connectivity index (χ1) is 9.21. The van der Waals surface area contributed by atoms with E-state index in [0.29, 0.717) is 12.1 Å². The number of hydrogen-bond donors (Lipinski definition) is 1. The van der Waals surface area contributed by atoms with Crippen LogP contribution in [0, 0.1) is 15.9 Å². The van der Waals surface area contributed by atoms with Crippen molar-refractivity contribution in [2.75, 3.05) is 6.61 Å². The van der Waals surface area contributed by atoms with Gasteiger partial charge in [0.15, 0.2) is 0 Å². The molecule has 0 saturated heterocycles. The van der Waals surface area contributed by atoms with Crippen molar-refractivity contribution in [1.82, 2.24) is 0 Å². The maximum atomic E-state index is 13.7. The molecule has 21 heavy (non-hydrogen) atoms. The Labute approximate surface area is 123 Å². The van der Waals surface area contributed by atoms with Crippen molar-refractivity contribution >= 4 is 24.1 Å². The summed E-state index contributed by atoms with van der Waals surface area (Å²) in [6.45, 7) is 1.06. The second kappa shape index (κ2) is 7.23. The fourth-order valence-electron chi connectivity index (χ4n) is 1.43. The van der Waals surface area contributed by atoms with Gasteiger partial charge in [-0.2, -0.15) is 13.2 Å². The van der Waals surface area contributed by atoms with Crippen molar-refractivity contribution in [3.8, 4) is 0 Å². The molecule has 0 unspecified atom stereocenters. The van der Waals surface area contributed by atoms with Gasteiger partial charge in [0.05, 0.1) is 11.5 Å². The molecular formula is C11H12ClF3N2O4. The van der Waals surface area contributed by atoms with Crippen LogP contribution >= 0.6 is 12.4 Å². The van der Waals surface area contributed by atoms with Gasteiger partial charge >= 0.3 is 17.6 Å². The molecule has 0 bridgehead atoms. The van der Waals surface area contributed by atoms with E-state index < -0.39 is 39.9 Å². The van der Waals surface area contributed by atoms with Crippen LogP contribution in [0.25, 0.3) is 0 Å². The summed E-state index contributed by atoms with van der Waals surface area (Å²) in [5.74, 6) is -7.12. The number of nitro benzene ring substituents is 1. The van der Waals surface area contributed by atoms with Gasteiger partial charge in [0, 0.05) is 6.07 Å². The zero-order chi connectivity index (χ0) is 15.5. The van der Waals surface area contributed by atoms with Gasteiger partial charge in [-0.15, -0.1) is 12.4 Å². The third kappa shape index (κ3) is 4.05. The molecule has 0 aliphatic rings. The van der Waals surface area contributed by atoms with E-state index in [9.17, 15) is 28.1 Å². The monoisotopic (exact) mass is 328 g/mol. The van der Waals surface area contributed by atoms with Gasteiger partial charge in [0.2, 0.25) is 5.82 Å². The Morgan fingerprint density at radius 3 is 2.57 bits per heavy atom. The molecule has 0 heterocycles. The number of carbonyl (C=O) groups excluding carboxylic acids is 1. The maximum absolute atomic E-state index is 13.7. The number of nitrogens with zero attached hydrogens (tertiary/aromatic N) is 1. The number of nitro groups is 1. The molecule has 0 aromatic heterocycles. The molecule has 2 N–H and O–H groups in total. The molecule has 0 spiro atoms. The molecule has 0 amide bonds. The van der Waals surface area contributed by atoms with Crippen LogP contribution in [0.1, 0.15) is 18.5 Å². The Hall–Kier alpha value is -1.87. The van der Waals surface area contributed by atoms with Gasteiger partial charge in [-0.3, -0.25) is 10.1 Å². The van der Waals surface area contributed by atoms with E-state index >= 15 is 0 Å². The van der Waals surface area contributed by atoms with Gasteiger partial charge < -0.3 is 10.5 Å². The molecule has 1 atom stereocenters. The summed E-state index contributed by atoms with van der Waals surface area (Å²) >= 11 is 0. The number of nitrogens with two attached hydrogens (primary N) is 1. The summed E-state index contributed by atoms with van der Waals surface area (Å²) in [5, 5.41) is 10.5. The fourth-order valence-corrected chi connectivity index (χ4v) is 1.43. The predicted molar refractivity (Wildman–Crippen MR) is 68.8 cm³/mol. The zero-order valence-electron chi connectivity index (χ0n) is 10.7. The van der Waals surface area contributed by atoms with Gasteiger partial charge in [-0.1, -0.05) is 6.07 Å². The minimum atomic E-state index is -4.08. The summed E-state index contributed by atoms with van der Waals surface area (Å²) in [4.78, 5) is 20.6. The lowest BCUT2D eigenvalue weighted by Gasteiger charge is -2.21. The van der Waals surface area contributed by atoms with Gasteiger partial charge in [0.25, 0.3) is 0 Å². The molecule has 0 fully saturated rings. The highest BCUT2D eigenvalue weighted by Crippen LogP contribution is 2.32. The van der Waals surface area contributed by atoms with Crippen molar-refractivity contribution in [3.05, 3.63) is 39.7 Å². The Balaban J connectivity index is 0.00000400. The van der Waals surface area contributed by atoms with Crippen LogP contribution < -0.4 is 5.73 Å². The quantitative estimate of drug-likeness (QED) is 0.508. The van der Waals surface area contributed by atoms with Crippen LogP contribution in [0.5, 0.6) is 0 Å². The topological polar surface area (TPSA) is 95.5 Å². The molecular weight excluding hydrogens is 317 g/mol. The molecule has 118 valence electrons. The first-order valence-corrected chi connectivity index (χ1v) is 5.46. The summed E-state index contributed by atoms with van der Waals surface area (Å²) in [6, 6.07) is -0.136. The number of benzene rings is 1. The number of ether oxygens (including phenoxy) is 1. The highest BCUT2D eigenvalue weighted by molar-refractivity contribution is 5.85. The number of carbonyl (C=O) groups is 1. The minimum absolute atomic E-state index is 0. The lowest BCUT2D eigenvalue weighted by molar-refractivity contribution is -0.387. The first-order valence-electron chi connectivity index (χ1n) is 5.46. The third-order valence-corrected chi connectivity index (χ3v) is 2.46. The third-order valence-electron chi connectivity index (χ3n) is 2.46. The van der Waals surface area contributed by atoms with Crippen LogP contribution in [0.2, 0.25) is 0 Å². The smallest absolute Gasteiger partial charge is 0.379 e. The van der Waals surface area contributed by atoms with E-state index in [1.807, 2.05) is 0 Å². The molecule has 0 radical (unpaired) electrons. The Kier molecular flexibility index (Phi) is 6.58. The van der Waals surface area contributed by atoms with Crippen LogP contribution in [-0.2, 0) is 9.53 Å². The Morgan fingerprint density at radius 2 is 2.10 bits per heavy atom. The van der Waals surface area contributed by atoms with Crippen molar-refractivity contribution in [2.24, 2.45) is 5.73 Å². The maximum Gasteiger partial charge on any atom is 0.379 e. The average molecular weight is 329 g/mol. The average Bonchev–Trinajstić information content (AvgIpc) is 2.38. The molecule has 10 heteroatoms. The highest BCUT2D eigenvalue weighted by Gasteiger charge is 2.48. The van der Waals surface area contributed by atoms with Gasteiger partial charge in [-0.05, 0) is 18.6 Å². The molecule has 6 nitrogen and oxygen atoms in total. The SMILES string of the molecule is CCOC(=O)C(F)(F)[C@@H](N)c1ccc(F)c([N+](=O)[O-])c1.Cl. The molecule has 0 aliphatic heterocycles. The normalized spacial score (nSPS) is 12.2. The Morgan fingerprint density at radius 1 is 1.52 bits per heavy atom. The fraction of sp³-hybridized carbons (Fsp3) is 0.364. The van der Waals surface area contributed by atoms with E-state index in [2.05, 4.69) is 4.74 Å². The van der Waals surface area contributed by atoms with E-state index in [4.69, 9.17) is 5.73 Å². The summed E-state index contributed by atoms with van der Waals surface area (Å²) in [7, 11) is 0. The first kappa shape index (κ1) is 19.1. The van der Waals surface area contributed by atoms with E-state index in [-0.39, 0.29) is 19.0 Å². The molecule has 1 rings (SSSR count). The second-order valence-corrected chi connectivity index (χ2v) is 3.79. The van der Waals surface area contributed by atoms with E-state index in [0.717, 1.165) is 6.07 Å². The summed E-state index contributed by atoms with van der Waals surface area (Å²) in [6.07, 6.45) is 0. The van der Waals surface area contributed by atoms with Crippen LogP contribution in [0.15, 0.2) is 18.2 Å². The van der Waals surface area contributed by atoms with E-state index in [1.54, 1.807) is 0 Å². The molecule has 1 aromatic rings. The number of alkyl halides is 2. The highest BCUT2D eigenvalue weighted by atomic mass is 35.5. The number of esters is 1. The second-order valence-electron chi connectivity index (χ2n) is 3.79. The van der Waals surface area contributed by atoms with Crippen LogP contribution in [0.4, 0.5) is 18.9 Å². The minimum Gasteiger partial charge on any atom is -0.462 e. The van der Waals surface area contributed by atoms with Crippen LogP contribution in [-0.4, -0.2) is 23.4 Å². The number of halogens is 4. The van der Waals surface area contributed by atoms with E-state index in [1.165, 1.54) is 6.92 Å².